The zero-order valence-electron chi connectivity index (χ0n) is 13.6. The number of nitrogens with zero attached hydrogens (tertiary/aromatic N) is 3. The second kappa shape index (κ2) is 7.33. The minimum atomic E-state index is -0.544. The van der Waals surface area contributed by atoms with Crippen LogP contribution in [0.15, 0.2) is 36.7 Å². The van der Waals surface area contributed by atoms with Crippen molar-refractivity contribution in [1.29, 1.82) is 0 Å². The summed E-state index contributed by atoms with van der Waals surface area (Å²) >= 11 is 0. The van der Waals surface area contributed by atoms with Crippen LogP contribution in [0.3, 0.4) is 0 Å². The smallest absolute Gasteiger partial charge is 0.322 e. The summed E-state index contributed by atoms with van der Waals surface area (Å²) in [5.41, 5.74) is 1.68. The summed E-state index contributed by atoms with van der Waals surface area (Å²) in [7, 11) is 1.87. The Morgan fingerprint density at radius 1 is 1.50 bits per heavy atom. The molecule has 3 rings (SSSR count). The van der Waals surface area contributed by atoms with Crippen LogP contribution in [0.4, 0.5) is 14.9 Å². The van der Waals surface area contributed by atoms with Gasteiger partial charge in [0.2, 0.25) is 0 Å². The lowest BCUT2D eigenvalue weighted by Crippen LogP contribution is -2.34. The number of aromatic nitrogens is 2. The predicted molar refractivity (Wildman–Crippen MR) is 88.8 cm³/mol. The number of carbonyl (C=O) groups excluding carboxylic acids is 1. The van der Waals surface area contributed by atoms with Gasteiger partial charge in [0.05, 0.1) is 12.2 Å². The third-order valence-electron chi connectivity index (χ3n) is 4.05. The first-order chi connectivity index (χ1) is 11.7. The molecule has 2 aromatic rings. The molecule has 7 heteroatoms. The van der Waals surface area contributed by atoms with Crippen LogP contribution in [0, 0.1) is 0 Å². The second-order valence-corrected chi connectivity index (χ2v) is 5.79. The number of carbonyl (C=O) groups is 1. The Hall–Kier alpha value is -2.57. The lowest BCUT2D eigenvalue weighted by molar-refractivity contribution is 0.207. The summed E-state index contributed by atoms with van der Waals surface area (Å²) in [6.45, 7) is 0.174. The molecule has 1 fully saturated rings. The molecule has 2 amide bonds. The van der Waals surface area contributed by atoms with Crippen LogP contribution < -0.4 is 10.1 Å². The average Bonchev–Trinajstić information content (AvgIpc) is 3.21. The van der Waals surface area contributed by atoms with Crippen molar-refractivity contribution in [3.05, 3.63) is 42.2 Å². The van der Waals surface area contributed by atoms with Crippen LogP contribution in [0.25, 0.3) is 0 Å². The number of halogens is 1. The van der Waals surface area contributed by atoms with Crippen LogP contribution in [-0.2, 0) is 7.05 Å². The van der Waals surface area contributed by atoms with Crippen molar-refractivity contribution in [2.45, 2.75) is 18.9 Å². The standard InChI is InChI=1S/C17H21FN4O2/c1-21-12-13(11-19-21)16-6-3-8-22(16)17(23)20-14-4-2-5-15(10-14)24-9-7-18/h2,4-5,10-12,16H,3,6-9H2,1H3,(H,20,23). The van der Waals surface area contributed by atoms with Crippen LogP contribution in [-0.4, -0.2) is 40.5 Å². The number of ether oxygens (including phenoxy) is 1. The number of hydrogen-bond donors (Lipinski definition) is 1. The molecular weight excluding hydrogens is 311 g/mol. The molecule has 0 radical (unpaired) electrons. The van der Waals surface area contributed by atoms with Gasteiger partial charge in [-0.05, 0) is 25.0 Å². The normalized spacial score (nSPS) is 17.1. The molecule has 128 valence electrons. The number of anilines is 1. The Morgan fingerprint density at radius 2 is 2.38 bits per heavy atom. The topological polar surface area (TPSA) is 59.4 Å². The van der Waals surface area contributed by atoms with Gasteiger partial charge in [-0.1, -0.05) is 6.07 Å². The summed E-state index contributed by atoms with van der Waals surface area (Å²) in [5.74, 6) is 0.538. The monoisotopic (exact) mass is 332 g/mol. The van der Waals surface area contributed by atoms with Gasteiger partial charge in [0.15, 0.2) is 0 Å². The van der Waals surface area contributed by atoms with E-state index in [2.05, 4.69) is 10.4 Å². The van der Waals surface area contributed by atoms with Gasteiger partial charge in [-0.2, -0.15) is 5.10 Å². The maximum absolute atomic E-state index is 12.6. The van der Waals surface area contributed by atoms with Crippen molar-refractivity contribution < 1.29 is 13.9 Å². The van der Waals surface area contributed by atoms with E-state index in [0.717, 1.165) is 18.4 Å². The highest BCUT2D eigenvalue weighted by Gasteiger charge is 2.30. The zero-order chi connectivity index (χ0) is 16.9. The van der Waals surface area contributed by atoms with E-state index in [1.807, 2.05) is 24.3 Å². The molecule has 0 saturated carbocycles. The Bertz CT molecular complexity index is 703. The quantitative estimate of drug-likeness (QED) is 0.915. The van der Waals surface area contributed by atoms with Crippen LogP contribution in [0.5, 0.6) is 5.75 Å². The summed E-state index contributed by atoms with van der Waals surface area (Å²) < 4.78 is 19.2. The molecule has 1 aromatic carbocycles. The number of nitrogens with one attached hydrogen (secondary N) is 1. The van der Waals surface area contributed by atoms with Crippen molar-refractivity contribution in [2.75, 3.05) is 25.1 Å². The lowest BCUT2D eigenvalue weighted by atomic mass is 10.1. The highest BCUT2D eigenvalue weighted by atomic mass is 19.1. The largest absolute Gasteiger partial charge is 0.491 e. The molecule has 2 heterocycles. The number of hydrogen-bond acceptors (Lipinski definition) is 3. The summed E-state index contributed by atoms with van der Waals surface area (Å²) in [4.78, 5) is 14.4. The predicted octanol–water partition coefficient (Wildman–Crippen LogP) is 3.14. The number of aryl methyl sites for hydroxylation is 1. The van der Waals surface area contributed by atoms with E-state index in [-0.39, 0.29) is 18.7 Å². The molecule has 1 atom stereocenters. The van der Waals surface area contributed by atoms with Gasteiger partial charge in [-0.3, -0.25) is 4.68 Å². The SMILES string of the molecule is Cn1cc(C2CCCN2C(=O)Nc2cccc(OCCF)c2)cn1. The molecule has 1 aliphatic heterocycles. The molecule has 1 saturated heterocycles. The number of amides is 2. The summed E-state index contributed by atoms with van der Waals surface area (Å²) in [5, 5.41) is 7.08. The molecule has 0 spiro atoms. The number of alkyl halides is 1. The molecule has 1 unspecified atom stereocenters. The zero-order valence-corrected chi connectivity index (χ0v) is 13.6. The third-order valence-corrected chi connectivity index (χ3v) is 4.05. The number of benzene rings is 1. The second-order valence-electron chi connectivity index (χ2n) is 5.79. The number of urea groups is 1. The molecular formula is C17H21FN4O2. The fourth-order valence-electron chi connectivity index (χ4n) is 2.98. The maximum atomic E-state index is 12.6. The highest BCUT2D eigenvalue weighted by molar-refractivity contribution is 5.90. The molecule has 0 aliphatic carbocycles. The van der Waals surface area contributed by atoms with Crippen LogP contribution >= 0.6 is 0 Å². The van der Waals surface area contributed by atoms with E-state index in [9.17, 15) is 9.18 Å². The Kier molecular flexibility index (Phi) is 4.98. The summed E-state index contributed by atoms with van der Waals surface area (Å²) in [6, 6.07) is 6.89. The van der Waals surface area contributed by atoms with Crippen molar-refractivity contribution in [3.8, 4) is 5.75 Å². The van der Waals surface area contributed by atoms with Crippen LogP contribution in [0.1, 0.15) is 24.4 Å². The minimum Gasteiger partial charge on any atom is -0.491 e. The van der Waals surface area contributed by atoms with E-state index < -0.39 is 6.67 Å². The van der Waals surface area contributed by atoms with E-state index in [1.54, 1.807) is 28.9 Å². The number of likely N-dealkylation sites (tertiary alicyclic amines) is 1. The Morgan fingerprint density at radius 3 is 3.12 bits per heavy atom. The average molecular weight is 332 g/mol. The number of rotatable bonds is 5. The molecule has 1 N–H and O–H groups in total. The molecule has 0 bridgehead atoms. The van der Waals surface area contributed by atoms with Crippen molar-refractivity contribution in [2.24, 2.45) is 7.05 Å². The van der Waals surface area contributed by atoms with Gasteiger partial charge in [0.25, 0.3) is 0 Å². The first-order valence-electron chi connectivity index (χ1n) is 8.02. The lowest BCUT2D eigenvalue weighted by Gasteiger charge is -2.24. The van der Waals surface area contributed by atoms with Crippen molar-refractivity contribution in [3.63, 3.8) is 0 Å². The van der Waals surface area contributed by atoms with E-state index in [1.165, 1.54) is 0 Å². The fraction of sp³-hybridized carbons (Fsp3) is 0.412. The van der Waals surface area contributed by atoms with E-state index >= 15 is 0 Å². The third kappa shape index (κ3) is 3.67. The first kappa shape index (κ1) is 16.3. The maximum Gasteiger partial charge on any atom is 0.322 e. The van der Waals surface area contributed by atoms with Gasteiger partial charge in [-0.25, -0.2) is 9.18 Å². The molecule has 6 nitrogen and oxygen atoms in total. The molecule has 24 heavy (non-hydrogen) atoms. The summed E-state index contributed by atoms with van der Waals surface area (Å²) in [6.07, 6.45) is 5.65. The van der Waals surface area contributed by atoms with Crippen molar-refractivity contribution in [1.82, 2.24) is 14.7 Å². The molecule has 1 aliphatic rings. The Labute approximate surface area is 140 Å². The van der Waals surface area contributed by atoms with Gasteiger partial charge >= 0.3 is 6.03 Å². The minimum absolute atomic E-state index is 0.00655. The van der Waals surface area contributed by atoms with Crippen molar-refractivity contribution >= 4 is 11.7 Å². The van der Waals surface area contributed by atoms with E-state index in [0.29, 0.717) is 18.0 Å². The van der Waals surface area contributed by atoms with E-state index in [4.69, 9.17) is 4.74 Å². The first-order valence-corrected chi connectivity index (χ1v) is 8.02. The van der Waals surface area contributed by atoms with Crippen LogP contribution in [0.2, 0.25) is 0 Å². The molecule has 1 aromatic heterocycles. The van der Waals surface area contributed by atoms with Gasteiger partial charge < -0.3 is 15.0 Å². The van der Waals surface area contributed by atoms with Gasteiger partial charge in [0.1, 0.15) is 19.0 Å². The Balaban J connectivity index is 1.67. The van der Waals surface area contributed by atoms with Gasteiger partial charge in [0, 0.05) is 37.1 Å². The highest BCUT2D eigenvalue weighted by Crippen LogP contribution is 2.32. The fourth-order valence-corrected chi connectivity index (χ4v) is 2.98. The van der Waals surface area contributed by atoms with Gasteiger partial charge in [-0.15, -0.1) is 0 Å².